The number of hydrogen-bond acceptors (Lipinski definition) is 4. The molecular weight excluding hydrogens is 845 g/mol. The molecule has 13 rings (SSSR count). The molecule has 0 aliphatic rings. The van der Waals surface area contributed by atoms with Gasteiger partial charge in [0, 0.05) is 49.3 Å². The molecule has 0 bridgehead atoms. The van der Waals surface area contributed by atoms with Crippen molar-refractivity contribution in [2.45, 2.75) is 0 Å². The second-order valence-electron chi connectivity index (χ2n) is 17.1. The molecule has 13 aromatic rings. The van der Waals surface area contributed by atoms with Gasteiger partial charge in [0.15, 0.2) is 5.82 Å². The van der Waals surface area contributed by atoms with E-state index < -0.39 is 0 Å². The van der Waals surface area contributed by atoms with E-state index in [9.17, 15) is 0 Å². The van der Waals surface area contributed by atoms with Crippen LogP contribution < -0.4 is 0 Å². The molecule has 5 heteroatoms. The van der Waals surface area contributed by atoms with Crippen LogP contribution in [0.25, 0.3) is 126 Å². The average molecular weight is 885 g/mol. The maximum absolute atomic E-state index is 5.46. The molecule has 9 aromatic carbocycles. The molecule has 0 atom stereocenters. The van der Waals surface area contributed by atoms with Crippen molar-refractivity contribution < 1.29 is 0 Å². The van der Waals surface area contributed by atoms with Crippen molar-refractivity contribution in [1.82, 2.24) is 19.5 Å². The second-order valence-corrected chi connectivity index (χ2v) is 18.2. The van der Waals surface area contributed by atoms with Crippen LogP contribution in [0.1, 0.15) is 0 Å². The zero-order chi connectivity index (χ0) is 45.0. The molecule has 0 saturated heterocycles. The lowest BCUT2D eigenvalue weighted by Crippen LogP contribution is -2.03. The number of aromatic nitrogens is 4. The Kier molecular flexibility index (Phi) is 9.66. The van der Waals surface area contributed by atoms with E-state index in [1.165, 1.54) is 37.7 Å². The highest BCUT2D eigenvalue weighted by Gasteiger charge is 2.26. The topological polar surface area (TPSA) is 43.6 Å². The van der Waals surface area contributed by atoms with Crippen LogP contribution in [0.2, 0.25) is 0 Å². The van der Waals surface area contributed by atoms with Crippen molar-refractivity contribution in [2.75, 3.05) is 0 Å². The number of thiophene rings is 1. The Balaban J connectivity index is 1.20. The first-order valence-corrected chi connectivity index (χ1v) is 23.7. The zero-order valence-electron chi connectivity index (χ0n) is 36.8. The summed E-state index contributed by atoms with van der Waals surface area (Å²) >= 11 is 1.74. The van der Waals surface area contributed by atoms with Gasteiger partial charge in [-0.3, -0.25) is 4.98 Å². The van der Waals surface area contributed by atoms with Crippen LogP contribution in [0.5, 0.6) is 0 Å². The normalized spacial score (nSPS) is 11.5. The predicted molar refractivity (Wildman–Crippen MR) is 285 cm³/mol. The zero-order valence-corrected chi connectivity index (χ0v) is 37.6. The Labute approximate surface area is 397 Å². The number of benzene rings is 9. The molecule has 0 radical (unpaired) electrons. The Hall–Kier alpha value is -8.77. The minimum absolute atomic E-state index is 0.599. The van der Waals surface area contributed by atoms with Crippen LogP contribution in [-0.4, -0.2) is 19.5 Å². The van der Waals surface area contributed by atoms with Gasteiger partial charge in [-0.1, -0.05) is 182 Å². The minimum Gasteiger partial charge on any atom is -0.307 e. The molecule has 0 aliphatic carbocycles. The van der Waals surface area contributed by atoms with Crippen molar-refractivity contribution in [3.05, 3.63) is 243 Å². The maximum atomic E-state index is 5.46. The molecule has 0 amide bonds. The third kappa shape index (κ3) is 6.79. The second kappa shape index (κ2) is 16.6. The Morgan fingerprint density at radius 3 is 1.51 bits per heavy atom. The number of fused-ring (bicyclic) bond motifs is 6. The van der Waals surface area contributed by atoms with Gasteiger partial charge in [0.2, 0.25) is 0 Å². The monoisotopic (exact) mass is 884 g/mol. The lowest BCUT2D eigenvalue weighted by molar-refractivity contribution is 1.17. The van der Waals surface area contributed by atoms with Crippen molar-refractivity contribution in [2.24, 2.45) is 0 Å². The summed E-state index contributed by atoms with van der Waals surface area (Å²) in [6, 6.07) is 85.0. The molecule has 4 nitrogen and oxygen atoms in total. The highest BCUT2D eigenvalue weighted by molar-refractivity contribution is 7.26. The molecule has 0 fully saturated rings. The van der Waals surface area contributed by atoms with Crippen LogP contribution in [0.15, 0.2) is 243 Å². The largest absolute Gasteiger partial charge is 0.307 e. The van der Waals surface area contributed by atoms with E-state index in [4.69, 9.17) is 15.0 Å². The fourth-order valence-corrected chi connectivity index (χ4v) is 11.1. The molecule has 0 unspecified atom stereocenters. The fraction of sp³-hybridized carbons (Fsp3) is 0. The van der Waals surface area contributed by atoms with Crippen molar-refractivity contribution in [3.8, 4) is 84.1 Å². The third-order valence-electron chi connectivity index (χ3n) is 13.1. The number of pyridine rings is 1. The highest BCUT2D eigenvalue weighted by Crippen LogP contribution is 2.49. The average Bonchev–Trinajstić information content (AvgIpc) is 3.97. The summed E-state index contributed by atoms with van der Waals surface area (Å²) in [4.78, 5) is 15.4. The van der Waals surface area contributed by atoms with Crippen molar-refractivity contribution in [1.29, 1.82) is 0 Å². The van der Waals surface area contributed by atoms with E-state index in [-0.39, 0.29) is 0 Å². The van der Waals surface area contributed by atoms with Gasteiger partial charge >= 0.3 is 0 Å². The number of nitrogens with zero attached hydrogens (tertiary/aromatic N) is 4. The van der Waals surface area contributed by atoms with Gasteiger partial charge in [-0.05, 0) is 93.5 Å². The SMILES string of the molecule is c1ccc(-c2ccc3c(c2)c2cc(-c4ccccc4)cc(-c4ccccc4)c2n3-c2c(-c3ccccc3)cc(-c3nc(-c4ccccn4)nc4c3sc3ccccc34)cc2-c2ccccc2)cc1. The van der Waals surface area contributed by atoms with Gasteiger partial charge in [0.05, 0.1) is 32.6 Å². The van der Waals surface area contributed by atoms with E-state index in [0.717, 1.165) is 82.7 Å². The Bertz CT molecular complexity index is 3920. The summed E-state index contributed by atoms with van der Waals surface area (Å²) < 4.78 is 4.77. The summed E-state index contributed by atoms with van der Waals surface area (Å²) in [6.45, 7) is 0. The summed E-state index contributed by atoms with van der Waals surface area (Å²) in [5.74, 6) is 0.599. The predicted octanol–water partition coefficient (Wildman–Crippen LogP) is 17.0. The first kappa shape index (κ1) is 39.6. The fourth-order valence-electron chi connectivity index (χ4n) is 9.91. The lowest BCUT2D eigenvalue weighted by atomic mass is 9.91. The molecule has 4 aromatic heterocycles. The van der Waals surface area contributed by atoms with Crippen LogP contribution in [0.3, 0.4) is 0 Å². The van der Waals surface area contributed by atoms with Gasteiger partial charge in [-0.15, -0.1) is 11.3 Å². The van der Waals surface area contributed by atoms with Gasteiger partial charge < -0.3 is 4.57 Å². The molecule has 0 aliphatic heterocycles. The van der Waals surface area contributed by atoms with Crippen molar-refractivity contribution in [3.63, 3.8) is 0 Å². The Morgan fingerprint density at radius 2 is 0.897 bits per heavy atom. The van der Waals surface area contributed by atoms with Gasteiger partial charge in [0.25, 0.3) is 0 Å². The first-order chi connectivity index (χ1) is 33.7. The number of rotatable bonds is 8. The number of hydrogen-bond donors (Lipinski definition) is 0. The van der Waals surface area contributed by atoms with E-state index in [0.29, 0.717) is 5.82 Å². The summed E-state index contributed by atoms with van der Waals surface area (Å²) in [7, 11) is 0. The van der Waals surface area contributed by atoms with Gasteiger partial charge in [-0.25, -0.2) is 9.97 Å². The minimum atomic E-state index is 0.599. The van der Waals surface area contributed by atoms with E-state index in [2.05, 4.69) is 223 Å². The van der Waals surface area contributed by atoms with E-state index in [1.54, 1.807) is 11.3 Å². The maximum Gasteiger partial charge on any atom is 0.179 e. The quantitative estimate of drug-likeness (QED) is 0.153. The van der Waals surface area contributed by atoms with E-state index in [1.807, 2.05) is 24.4 Å². The van der Waals surface area contributed by atoms with Gasteiger partial charge in [-0.2, -0.15) is 0 Å². The van der Waals surface area contributed by atoms with Crippen LogP contribution in [0, 0.1) is 0 Å². The Morgan fingerprint density at radius 1 is 0.368 bits per heavy atom. The molecular formula is C63H40N4S. The van der Waals surface area contributed by atoms with Gasteiger partial charge in [0.1, 0.15) is 5.69 Å². The molecule has 0 N–H and O–H groups in total. The molecule has 0 spiro atoms. The lowest BCUT2D eigenvalue weighted by Gasteiger charge is -2.22. The first-order valence-electron chi connectivity index (χ1n) is 22.9. The smallest absolute Gasteiger partial charge is 0.179 e. The molecule has 4 heterocycles. The summed E-state index contributed by atoms with van der Waals surface area (Å²) in [5, 5.41) is 3.48. The highest BCUT2D eigenvalue weighted by atomic mass is 32.1. The molecule has 0 saturated carbocycles. The third-order valence-corrected chi connectivity index (χ3v) is 14.2. The van der Waals surface area contributed by atoms with E-state index >= 15 is 0 Å². The molecule has 318 valence electrons. The summed E-state index contributed by atoms with van der Waals surface area (Å²) in [6.07, 6.45) is 1.81. The van der Waals surface area contributed by atoms with Crippen LogP contribution in [0.4, 0.5) is 0 Å². The van der Waals surface area contributed by atoms with Crippen LogP contribution in [-0.2, 0) is 0 Å². The van der Waals surface area contributed by atoms with Crippen LogP contribution >= 0.6 is 11.3 Å². The molecule has 68 heavy (non-hydrogen) atoms. The van der Waals surface area contributed by atoms with Crippen molar-refractivity contribution >= 4 is 53.4 Å². The summed E-state index contributed by atoms with van der Waals surface area (Å²) in [5.41, 5.74) is 18.3. The standard InChI is InChI=1S/C63H40N4S/c1-6-20-41(21-7-1)46-33-34-56-53(36-46)54-38-47(42-22-8-2-9-23-42)37-50(43-24-10-3-11-25-43)61(54)67(56)60-51(44-26-12-4-13-27-44)39-48(40-52(60)45-28-14-5-15-29-45)58-62-59(49-30-16-17-32-57(49)68-62)66-63(65-58)55-31-18-19-35-64-55/h1-40H.